The molecular formula is C18H29N3O2. The number of nitrogens with zero attached hydrogens (tertiary/aromatic N) is 1. The molecule has 2 rings (SSSR count). The number of nitrogens with one attached hydrogen (secondary N) is 2. The monoisotopic (exact) mass is 319 g/mol. The number of aromatic nitrogens is 1. The summed E-state index contributed by atoms with van der Waals surface area (Å²) in [4.78, 5) is 16.0. The van der Waals surface area contributed by atoms with Crippen LogP contribution in [-0.4, -0.2) is 28.8 Å². The smallest absolute Gasteiger partial charge is 0.407 e. The number of carbonyl (C=O) groups is 1. The van der Waals surface area contributed by atoms with E-state index in [2.05, 4.69) is 28.6 Å². The Morgan fingerprint density at radius 1 is 1.26 bits per heavy atom. The Balaban J connectivity index is 1.73. The van der Waals surface area contributed by atoms with Gasteiger partial charge in [-0.05, 0) is 65.0 Å². The SMILES string of the molecule is C[C@H](NC1CCC(NC(=O)OC(C)(C)C)CC1)c1cccnc1. The fourth-order valence-corrected chi connectivity index (χ4v) is 2.96. The zero-order chi connectivity index (χ0) is 16.9. The predicted octanol–water partition coefficient (Wildman–Crippen LogP) is 3.57. The molecule has 1 atom stereocenters. The Bertz CT molecular complexity index is 491. The molecule has 0 aliphatic heterocycles. The number of rotatable bonds is 4. The molecule has 0 aromatic carbocycles. The zero-order valence-electron chi connectivity index (χ0n) is 14.6. The van der Waals surface area contributed by atoms with Crippen molar-refractivity contribution >= 4 is 6.09 Å². The summed E-state index contributed by atoms with van der Waals surface area (Å²) in [5.74, 6) is 0. The minimum absolute atomic E-state index is 0.219. The average molecular weight is 319 g/mol. The van der Waals surface area contributed by atoms with Crippen LogP contribution in [0.5, 0.6) is 0 Å². The van der Waals surface area contributed by atoms with E-state index >= 15 is 0 Å². The minimum atomic E-state index is -0.442. The highest BCUT2D eigenvalue weighted by Crippen LogP contribution is 2.22. The second kappa shape index (κ2) is 7.77. The van der Waals surface area contributed by atoms with Crippen LogP contribution < -0.4 is 10.6 Å². The van der Waals surface area contributed by atoms with Gasteiger partial charge in [-0.25, -0.2) is 4.79 Å². The first-order chi connectivity index (χ1) is 10.8. The molecule has 0 saturated heterocycles. The van der Waals surface area contributed by atoms with Crippen molar-refractivity contribution in [2.24, 2.45) is 0 Å². The molecule has 1 aromatic rings. The van der Waals surface area contributed by atoms with Crippen LogP contribution in [0.4, 0.5) is 4.79 Å². The largest absolute Gasteiger partial charge is 0.444 e. The molecule has 23 heavy (non-hydrogen) atoms. The van der Waals surface area contributed by atoms with Crippen molar-refractivity contribution in [2.75, 3.05) is 0 Å². The van der Waals surface area contributed by atoms with Gasteiger partial charge >= 0.3 is 6.09 Å². The molecule has 5 nitrogen and oxygen atoms in total. The second-order valence-corrected chi connectivity index (χ2v) is 7.37. The summed E-state index contributed by atoms with van der Waals surface area (Å²) >= 11 is 0. The number of amides is 1. The third-order valence-electron chi connectivity index (χ3n) is 4.12. The standard InChI is InChI=1S/C18H29N3O2/c1-13(14-6-5-11-19-12-14)20-15-7-9-16(10-8-15)21-17(22)23-18(2,3)4/h5-6,11-13,15-16,20H,7-10H2,1-4H3,(H,21,22)/t13-,15?,16?/m0/s1. The molecule has 1 amide bonds. The summed E-state index contributed by atoms with van der Waals surface area (Å²) in [7, 11) is 0. The van der Waals surface area contributed by atoms with Crippen molar-refractivity contribution in [1.82, 2.24) is 15.6 Å². The van der Waals surface area contributed by atoms with Crippen LogP contribution in [0.25, 0.3) is 0 Å². The Morgan fingerprint density at radius 3 is 2.48 bits per heavy atom. The van der Waals surface area contributed by atoms with E-state index < -0.39 is 5.60 Å². The van der Waals surface area contributed by atoms with Crippen LogP contribution in [-0.2, 0) is 4.74 Å². The molecule has 1 heterocycles. The highest BCUT2D eigenvalue weighted by molar-refractivity contribution is 5.68. The Hall–Kier alpha value is -1.62. The quantitative estimate of drug-likeness (QED) is 0.890. The van der Waals surface area contributed by atoms with E-state index in [1.54, 1.807) is 6.20 Å². The first kappa shape index (κ1) is 17.7. The van der Waals surface area contributed by atoms with Gasteiger partial charge in [-0.1, -0.05) is 6.07 Å². The maximum absolute atomic E-state index is 11.8. The number of ether oxygens (including phenoxy) is 1. The minimum Gasteiger partial charge on any atom is -0.444 e. The number of carbonyl (C=O) groups excluding carboxylic acids is 1. The van der Waals surface area contributed by atoms with Crippen molar-refractivity contribution in [3.63, 3.8) is 0 Å². The van der Waals surface area contributed by atoms with Crippen molar-refractivity contribution in [3.05, 3.63) is 30.1 Å². The van der Waals surface area contributed by atoms with E-state index in [4.69, 9.17) is 4.74 Å². The molecule has 2 N–H and O–H groups in total. The van der Waals surface area contributed by atoms with Crippen LogP contribution in [0.1, 0.15) is 65.0 Å². The summed E-state index contributed by atoms with van der Waals surface area (Å²) in [5.41, 5.74) is 0.767. The molecule has 0 spiro atoms. The van der Waals surface area contributed by atoms with Crippen molar-refractivity contribution < 1.29 is 9.53 Å². The van der Waals surface area contributed by atoms with Gasteiger partial charge in [-0.15, -0.1) is 0 Å². The summed E-state index contributed by atoms with van der Waals surface area (Å²) in [6, 6.07) is 5.07. The van der Waals surface area contributed by atoms with Crippen LogP contribution >= 0.6 is 0 Å². The lowest BCUT2D eigenvalue weighted by Gasteiger charge is -2.32. The fourth-order valence-electron chi connectivity index (χ4n) is 2.96. The normalized spacial score (nSPS) is 23.1. The van der Waals surface area contributed by atoms with E-state index in [-0.39, 0.29) is 12.1 Å². The van der Waals surface area contributed by atoms with Crippen molar-refractivity contribution in [3.8, 4) is 0 Å². The predicted molar refractivity (Wildman–Crippen MR) is 91.2 cm³/mol. The first-order valence-corrected chi connectivity index (χ1v) is 8.49. The molecule has 1 fully saturated rings. The van der Waals surface area contributed by atoms with Gasteiger partial charge in [0.25, 0.3) is 0 Å². The van der Waals surface area contributed by atoms with E-state index in [0.29, 0.717) is 12.1 Å². The van der Waals surface area contributed by atoms with Gasteiger partial charge in [-0.3, -0.25) is 4.98 Å². The van der Waals surface area contributed by atoms with Gasteiger partial charge in [0.05, 0.1) is 0 Å². The summed E-state index contributed by atoms with van der Waals surface area (Å²) < 4.78 is 5.32. The topological polar surface area (TPSA) is 63.2 Å². The highest BCUT2D eigenvalue weighted by atomic mass is 16.6. The molecular weight excluding hydrogens is 290 g/mol. The van der Waals surface area contributed by atoms with Crippen LogP contribution in [0, 0.1) is 0 Å². The highest BCUT2D eigenvalue weighted by Gasteiger charge is 2.25. The third-order valence-corrected chi connectivity index (χ3v) is 4.12. The molecule has 0 radical (unpaired) electrons. The molecule has 0 unspecified atom stereocenters. The lowest BCUT2D eigenvalue weighted by atomic mass is 9.90. The Morgan fingerprint density at radius 2 is 1.91 bits per heavy atom. The van der Waals surface area contributed by atoms with Crippen LogP contribution in [0.15, 0.2) is 24.5 Å². The molecule has 1 aromatic heterocycles. The maximum Gasteiger partial charge on any atom is 0.407 e. The summed E-state index contributed by atoms with van der Waals surface area (Å²) in [6.45, 7) is 7.82. The fraction of sp³-hybridized carbons (Fsp3) is 0.667. The lowest BCUT2D eigenvalue weighted by molar-refractivity contribution is 0.0489. The number of alkyl carbamates (subject to hydrolysis) is 1. The second-order valence-electron chi connectivity index (χ2n) is 7.37. The van der Waals surface area contributed by atoms with Crippen molar-refractivity contribution in [1.29, 1.82) is 0 Å². The van der Waals surface area contributed by atoms with Gasteiger partial charge in [0.2, 0.25) is 0 Å². The van der Waals surface area contributed by atoms with E-state index in [9.17, 15) is 4.79 Å². The molecule has 5 heteroatoms. The number of pyridine rings is 1. The van der Waals surface area contributed by atoms with Gasteiger partial charge in [0, 0.05) is 30.5 Å². The van der Waals surface area contributed by atoms with Gasteiger partial charge in [0.15, 0.2) is 0 Å². The van der Waals surface area contributed by atoms with Gasteiger partial charge in [0.1, 0.15) is 5.60 Å². The average Bonchev–Trinajstić information content (AvgIpc) is 2.48. The first-order valence-electron chi connectivity index (χ1n) is 8.49. The molecule has 1 aliphatic rings. The van der Waals surface area contributed by atoms with E-state index in [0.717, 1.165) is 25.7 Å². The Labute approximate surface area is 139 Å². The number of hydrogen-bond donors (Lipinski definition) is 2. The van der Waals surface area contributed by atoms with Gasteiger partial charge < -0.3 is 15.4 Å². The summed E-state index contributed by atoms with van der Waals surface area (Å²) in [5, 5.41) is 6.65. The number of hydrogen-bond acceptors (Lipinski definition) is 4. The lowest BCUT2D eigenvalue weighted by Crippen LogP contribution is -2.44. The van der Waals surface area contributed by atoms with Gasteiger partial charge in [-0.2, -0.15) is 0 Å². The Kier molecular flexibility index (Phi) is 5.99. The molecule has 128 valence electrons. The van der Waals surface area contributed by atoms with E-state index in [1.807, 2.05) is 33.0 Å². The zero-order valence-corrected chi connectivity index (χ0v) is 14.6. The van der Waals surface area contributed by atoms with Crippen LogP contribution in [0.3, 0.4) is 0 Å². The third kappa shape index (κ3) is 6.18. The molecule has 1 aliphatic carbocycles. The van der Waals surface area contributed by atoms with Crippen LogP contribution in [0.2, 0.25) is 0 Å². The van der Waals surface area contributed by atoms with E-state index in [1.165, 1.54) is 5.56 Å². The van der Waals surface area contributed by atoms with Crippen molar-refractivity contribution in [2.45, 2.75) is 77.1 Å². The summed E-state index contributed by atoms with van der Waals surface area (Å²) in [6.07, 6.45) is 7.48. The maximum atomic E-state index is 11.8. The molecule has 0 bridgehead atoms. The molecule has 1 saturated carbocycles.